The quantitative estimate of drug-likeness (QED) is 0.857. The van der Waals surface area contributed by atoms with Crippen LogP contribution in [0.25, 0.3) is 11.5 Å². The predicted octanol–water partition coefficient (Wildman–Crippen LogP) is 2.47. The Labute approximate surface area is 133 Å². The van der Waals surface area contributed by atoms with Gasteiger partial charge in [-0.1, -0.05) is 18.2 Å². The molecule has 23 heavy (non-hydrogen) atoms. The Morgan fingerprint density at radius 1 is 1.30 bits per heavy atom. The highest BCUT2D eigenvalue weighted by atomic mass is 16.5. The molecule has 1 fully saturated rings. The van der Waals surface area contributed by atoms with E-state index in [1.807, 2.05) is 30.3 Å². The number of hydrogen-bond acceptors (Lipinski definition) is 5. The Morgan fingerprint density at radius 2 is 2.00 bits per heavy atom. The third kappa shape index (κ3) is 3.59. The van der Waals surface area contributed by atoms with Crippen molar-refractivity contribution in [1.82, 2.24) is 10.3 Å². The van der Waals surface area contributed by atoms with Gasteiger partial charge in [0.15, 0.2) is 11.8 Å². The molecule has 1 atom stereocenters. The largest absolute Gasteiger partial charge is 0.448 e. The number of hydrogen-bond donors (Lipinski definition) is 1. The van der Waals surface area contributed by atoms with Crippen LogP contribution in [0.3, 0.4) is 0 Å². The Hall–Kier alpha value is -2.63. The van der Waals surface area contributed by atoms with E-state index in [2.05, 4.69) is 10.3 Å². The number of aromatic nitrogens is 1. The van der Waals surface area contributed by atoms with Crippen molar-refractivity contribution in [2.24, 2.45) is 0 Å². The van der Waals surface area contributed by atoms with Gasteiger partial charge in [0.25, 0.3) is 5.91 Å². The zero-order chi connectivity index (χ0) is 16.4. The number of aryl methyl sites for hydroxylation is 1. The minimum atomic E-state index is -0.862. The molecule has 2 aromatic rings. The minimum absolute atomic E-state index is 0.0925. The summed E-state index contributed by atoms with van der Waals surface area (Å²) in [7, 11) is 0. The van der Waals surface area contributed by atoms with Crippen LogP contribution in [0.4, 0.5) is 0 Å². The Balaban J connectivity index is 1.69. The molecular formula is C17H18N2O4. The molecule has 1 aromatic carbocycles. The molecule has 0 aliphatic heterocycles. The average Bonchev–Trinajstić information content (AvgIpc) is 3.27. The van der Waals surface area contributed by atoms with Gasteiger partial charge in [-0.25, -0.2) is 9.78 Å². The van der Waals surface area contributed by atoms with Crippen molar-refractivity contribution in [1.29, 1.82) is 0 Å². The third-order valence-corrected chi connectivity index (χ3v) is 3.59. The van der Waals surface area contributed by atoms with Gasteiger partial charge in [0.05, 0.1) is 0 Å². The Morgan fingerprint density at radius 3 is 2.65 bits per heavy atom. The number of nitrogens with one attached hydrogen (secondary N) is 1. The second-order valence-electron chi connectivity index (χ2n) is 5.62. The molecule has 0 saturated heterocycles. The number of rotatable bonds is 5. The standard InChI is InChI=1S/C17H18N2O4/c1-10-14(19-16(22-10)12-6-4-3-5-7-12)17(21)23-11(2)15(20)18-13-8-9-13/h3-7,11,13H,8-9H2,1-2H3,(H,18,20)/t11-/m1/s1. The van der Waals surface area contributed by atoms with Crippen LogP contribution in [0.2, 0.25) is 0 Å². The van der Waals surface area contributed by atoms with Gasteiger partial charge in [-0.2, -0.15) is 0 Å². The molecule has 1 aromatic heterocycles. The summed E-state index contributed by atoms with van der Waals surface area (Å²) in [5.41, 5.74) is 0.865. The first kappa shape index (κ1) is 15.3. The van der Waals surface area contributed by atoms with E-state index in [0.717, 1.165) is 18.4 Å². The molecule has 1 aliphatic rings. The van der Waals surface area contributed by atoms with Crippen LogP contribution in [-0.2, 0) is 9.53 Å². The molecule has 0 bridgehead atoms. The topological polar surface area (TPSA) is 81.4 Å². The lowest BCUT2D eigenvalue weighted by molar-refractivity contribution is -0.129. The fraction of sp³-hybridized carbons (Fsp3) is 0.353. The van der Waals surface area contributed by atoms with E-state index in [1.165, 1.54) is 0 Å². The zero-order valence-corrected chi connectivity index (χ0v) is 13.0. The monoisotopic (exact) mass is 314 g/mol. The minimum Gasteiger partial charge on any atom is -0.448 e. The van der Waals surface area contributed by atoms with Crippen LogP contribution in [-0.4, -0.2) is 29.0 Å². The molecule has 6 nitrogen and oxygen atoms in total. The van der Waals surface area contributed by atoms with E-state index in [4.69, 9.17) is 9.15 Å². The Kier molecular flexibility index (Phi) is 4.14. The molecule has 0 unspecified atom stereocenters. The maximum Gasteiger partial charge on any atom is 0.361 e. The van der Waals surface area contributed by atoms with E-state index in [1.54, 1.807) is 13.8 Å². The molecule has 3 rings (SSSR count). The van der Waals surface area contributed by atoms with E-state index < -0.39 is 12.1 Å². The number of carbonyl (C=O) groups excluding carboxylic acids is 2. The molecular weight excluding hydrogens is 296 g/mol. The summed E-state index contributed by atoms with van der Waals surface area (Å²) in [6.45, 7) is 3.19. The fourth-order valence-electron chi connectivity index (χ4n) is 2.11. The number of esters is 1. The number of oxazole rings is 1. The second kappa shape index (κ2) is 6.24. The van der Waals surface area contributed by atoms with Crippen molar-refractivity contribution in [3.05, 3.63) is 41.8 Å². The summed E-state index contributed by atoms with van der Waals surface area (Å²) in [6.07, 6.45) is 1.10. The van der Waals surface area contributed by atoms with Gasteiger partial charge in [0.2, 0.25) is 5.89 Å². The summed E-state index contributed by atoms with van der Waals surface area (Å²) >= 11 is 0. The maximum absolute atomic E-state index is 12.2. The number of amides is 1. The molecule has 1 amide bonds. The first-order valence-corrected chi connectivity index (χ1v) is 7.59. The van der Waals surface area contributed by atoms with Gasteiger partial charge < -0.3 is 14.5 Å². The average molecular weight is 314 g/mol. The lowest BCUT2D eigenvalue weighted by Gasteiger charge is -2.12. The molecule has 1 N–H and O–H groups in total. The maximum atomic E-state index is 12.2. The van der Waals surface area contributed by atoms with Crippen molar-refractivity contribution in [2.45, 2.75) is 38.8 Å². The van der Waals surface area contributed by atoms with Crippen LogP contribution in [0.1, 0.15) is 36.0 Å². The van der Waals surface area contributed by atoms with Crippen LogP contribution >= 0.6 is 0 Å². The van der Waals surface area contributed by atoms with Gasteiger partial charge in [-0.05, 0) is 38.8 Å². The molecule has 1 aliphatic carbocycles. The van der Waals surface area contributed by atoms with E-state index in [9.17, 15) is 9.59 Å². The van der Waals surface area contributed by atoms with Crippen LogP contribution in [0.15, 0.2) is 34.7 Å². The highest BCUT2D eigenvalue weighted by Gasteiger charge is 2.28. The van der Waals surface area contributed by atoms with Gasteiger partial charge in [0, 0.05) is 11.6 Å². The fourth-order valence-corrected chi connectivity index (χ4v) is 2.11. The summed E-state index contributed by atoms with van der Waals surface area (Å²) in [5, 5.41) is 2.80. The normalized spacial score (nSPS) is 15.0. The van der Waals surface area contributed by atoms with E-state index in [0.29, 0.717) is 11.7 Å². The summed E-state index contributed by atoms with van der Waals surface area (Å²) in [6, 6.07) is 9.50. The summed E-state index contributed by atoms with van der Waals surface area (Å²) < 4.78 is 10.7. The van der Waals surface area contributed by atoms with Crippen molar-refractivity contribution < 1.29 is 18.7 Å². The van der Waals surface area contributed by atoms with Gasteiger partial charge in [-0.3, -0.25) is 4.79 Å². The van der Waals surface area contributed by atoms with Crippen molar-refractivity contribution in [3.63, 3.8) is 0 Å². The molecule has 6 heteroatoms. The van der Waals surface area contributed by atoms with E-state index >= 15 is 0 Å². The van der Waals surface area contributed by atoms with Crippen LogP contribution < -0.4 is 5.32 Å². The third-order valence-electron chi connectivity index (χ3n) is 3.59. The molecule has 0 radical (unpaired) electrons. The highest BCUT2D eigenvalue weighted by Crippen LogP contribution is 2.22. The van der Waals surface area contributed by atoms with Crippen LogP contribution in [0.5, 0.6) is 0 Å². The van der Waals surface area contributed by atoms with Crippen LogP contribution in [0, 0.1) is 6.92 Å². The number of nitrogens with zero attached hydrogens (tertiary/aromatic N) is 1. The molecule has 1 heterocycles. The van der Waals surface area contributed by atoms with Gasteiger partial charge >= 0.3 is 5.97 Å². The molecule has 1 saturated carbocycles. The number of benzene rings is 1. The second-order valence-corrected chi connectivity index (χ2v) is 5.62. The summed E-state index contributed by atoms with van der Waals surface area (Å²) in [4.78, 5) is 28.2. The first-order chi connectivity index (χ1) is 11.0. The van der Waals surface area contributed by atoms with Crippen molar-refractivity contribution in [2.75, 3.05) is 0 Å². The predicted molar refractivity (Wildman–Crippen MR) is 82.7 cm³/mol. The Bertz CT molecular complexity index is 719. The highest BCUT2D eigenvalue weighted by molar-refractivity contribution is 5.91. The number of ether oxygens (including phenoxy) is 1. The van der Waals surface area contributed by atoms with Crippen molar-refractivity contribution >= 4 is 11.9 Å². The SMILES string of the molecule is Cc1oc(-c2ccccc2)nc1C(=O)O[C@H](C)C(=O)NC1CC1. The lowest BCUT2D eigenvalue weighted by atomic mass is 10.2. The first-order valence-electron chi connectivity index (χ1n) is 7.59. The summed E-state index contributed by atoms with van der Waals surface area (Å²) in [5.74, 6) is -0.231. The lowest BCUT2D eigenvalue weighted by Crippen LogP contribution is -2.37. The molecule has 0 spiro atoms. The zero-order valence-electron chi connectivity index (χ0n) is 13.0. The van der Waals surface area contributed by atoms with Crippen molar-refractivity contribution in [3.8, 4) is 11.5 Å². The molecule has 120 valence electrons. The number of carbonyl (C=O) groups is 2. The smallest absolute Gasteiger partial charge is 0.361 e. The van der Waals surface area contributed by atoms with E-state index in [-0.39, 0.29) is 17.6 Å². The van der Waals surface area contributed by atoms with Gasteiger partial charge in [0.1, 0.15) is 5.76 Å². The van der Waals surface area contributed by atoms with Gasteiger partial charge in [-0.15, -0.1) is 0 Å².